The van der Waals surface area contributed by atoms with Crippen LogP contribution in [0, 0.1) is 5.41 Å². The van der Waals surface area contributed by atoms with E-state index in [1.807, 2.05) is 0 Å². The molecule has 0 amide bonds. The molecule has 13 heavy (non-hydrogen) atoms. The molecule has 0 aromatic heterocycles. The Bertz CT molecular complexity index is 265. The van der Waals surface area contributed by atoms with Crippen LogP contribution in [0.3, 0.4) is 0 Å². The second-order valence-electron chi connectivity index (χ2n) is 3.56. The van der Waals surface area contributed by atoms with Crippen molar-refractivity contribution < 1.29 is 13.2 Å². The van der Waals surface area contributed by atoms with Gasteiger partial charge in [0.1, 0.15) is 5.41 Å². The second-order valence-corrected chi connectivity index (χ2v) is 3.56. The fourth-order valence-corrected chi connectivity index (χ4v) is 1.25. The highest BCUT2D eigenvalue weighted by Gasteiger charge is 2.53. The van der Waals surface area contributed by atoms with Crippen LogP contribution < -0.4 is 0 Å². The predicted molar refractivity (Wildman–Crippen MR) is 45.9 cm³/mol. The summed E-state index contributed by atoms with van der Waals surface area (Å²) < 4.78 is 37.7. The van der Waals surface area contributed by atoms with Crippen molar-refractivity contribution in [2.45, 2.75) is 33.0 Å². The molecule has 4 heteroatoms. The lowest BCUT2D eigenvalue weighted by atomic mass is 9.80. The van der Waals surface area contributed by atoms with Crippen LogP contribution in [0.15, 0.2) is 17.1 Å². The second kappa shape index (κ2) is 2.86. The molecular weight excluding hydrogens is 179 g/mol. The van der Waals surface area contributed by atoms with E-state index >= 15 is 0 Å². The predicted octanol–water partition coefficient (Wildman–Crippen LogP) is 2.97. The topological polar surface area (TPSA) is 12.4 Å². The van der Waals surface area contributed by atoms with Crippen LogP contribution in [-0.2, 0) is 0 Å². The van der Waals surface area contributed by atoms with Gasteiger partial charge in [-0.05, 0) is 26.8 Å². The monoisotopic (exact) mass is 191 g/mol. The van der Waals surface area contributed by atoms with E-state index in [4.69, 9.17) is 0 Å². The Morgan fingerprint density at radius 1 is 1.46 bits per heavy atom. The Morgan fingerprint density at radius 3 is 2.38 bits per heavy atom. The third-order valence-electron chi connectivity index (χ3n) is 2.55. The van der Waals surface area contributed by atoms with Gasteiger partial charge in [0.25, 0.3) is 0 Å². The third-order valence-corrected chi connectivity index (χ3v) is 2.55. The van der Waals surface area contributed by atoms with E-state index in [0.717, 1.165) is 0 Å². The molecule has 0 saturated heterocycles. The number of hydrogen-bond acceptors (Lipinski definition) is 1. The lowest BCUT2D eigenvalue weighted by Gasteiger charge is -2.34. The number of allylic oxidation sites excluding steroid dienone is 1. The maximum atomic E-state index is 12.6. The smallest absolute Gasteiger partial charge is 0.286 e. The molecule has 0 aromatic carbocycles. The third kappa shape index (κ3) is 1.62. The van der Waals surface area contributed by atoms with E-state index in [2.05, 4.69) is 4.99 Å². The van der Waals surface area contributed by atoms with Gasteiger partial charge in [-0.3, -0.25) is 4.99 Å². The Balaban J connectivity index is 3.03. The summed E-state index contributed by atoms with van der Waals surface area (Å²) in [6, 6.07) is -0.738. The van der Waals surface area contributed by atoms with Crippen molar-refractivity contribution >= 4 is 5.71 Å². The van der Waals surface area contributed by atoms with Crippen LogP contribution in [0.1, 0.15) is 20.8 Å². The first-order chi connectivity index (χ1) is 5.77. The van der Waals surface area contributed by atoms with Crippen molar-refractivity contribution in [2.24, 2.45) is 10.4 Å². The highest BCUT2D eigenvalue weighted by molar-refractivity contribution is 5.93. The Hall–Kier alpha value is -0.800. The molecule has 0 spiro atoms. The molecule has 0 radical (unpaired) electrons. The molecule has 0 aromatic rings. The Kier molecular flexibility index (Phi) is 2.26. The molecule has 1 aliphatic heterocycles. The van der Waals surface area contributed by atoms with E-state index < -0.39 is 17.6 Å². The van der Waals surface area contributed by atoms with Gasteiger partial charge in [-0.25, -0.2) is 0 Å². The SMILES string of the molecule is CC1=NC(C)C(C)(C(F)(F)F)C=C1. The van der Waals surface area contributed by atoms with Crippen LogP contribution in [-0.4, -0.2) is 17.9 Å². The zero-order valence-corrected chi connectivity index (χ0v) is 7.81. The zero-order chi connectivity index (χ0) is 10.3. The van der Waals surface area contributed by atoms with Crippen molar-refractivity contribution in [3.05, 3.63) is 12.2 Å². The van der Waals surface area contributed by atoms with E-state index in [0.29, 0.717) is 5.71 Å². The van der Waals surface area contributed by atoms with Crippen molar-refractivity contribution in [3.8, 4) is 0 Å². The van der Waals surface area contributed by atoms with Gasteiger partial charge in [0.05, 0.1) is 6.04 Å². The van der Waals surface area contributed by atoms with Crippen molar-refractivity contribution in [3.63, 3.8) is 0 Å². The number of alkyl halides is 3. The fourth-order valence-electron chi connectivity index (χ4n) is 1.25. The van der Waals surface area contributed by atoms with Crippen LogP contribution in [0.4, 0.5) is 13.2 Å². The number of hydrogen-bond donors (Lipinski definition) is 0. The van der Waals surface area contributed by atoms with Gasteiger partial charge in [0, 0.05) is 5.71 Å². The van der Waals surface area contributed by atoms with Crippen LogP contribution >= 0.6 is 0 Å². The summed E-state index contributed by atoms with van der Waals surface area (Å²) in [4.78, 5) is 3.91. The number of halogens is 3. The minimum Gasteiger partial charge on any atom is -0.286 e. The van der Waals surface area contributed by atoms with E-state index in [1.165, 1.54) is 26.0 Å². The molecule has 2 atom stereocenters. The van der Waals surface area contributed by atoms with Gasteiger partial charge in [-0.2, -0.15) is 13.2 Å². The first kappa shape index (κ1) is 10.3. The summed E-state index contributed by atoms with van der Waals surface area (Å²) in [7, 11) is 0. The summed E-state index contributed by atoms with van der Waals surface area (Å²) in [5, 5.41) is 0. The van der Waals surface area contributed by atoms with E-state index in [1.54, 1.807) is 6.92 Å². The molecule has 1 aliphatic rings. The summed E-state index contributed by atoms with van der Waals surface area (Å²) in [6.07, 6.45) is -1.61. The molecule has 74 valence electrons. The largest absolute Gasteiger partial charge is 0.399 e. The first-order valence-electron chi connectivity index (χ1n) is 4.08. The van der Waals surface area contributed by atoms with Crippen molar-refractivity contribution in [1.29, 1.82) is 0 Å². The summed E-state index contributed by atoms with van der Waals surface area (Å²) in [6.45, 7) is 4.35. The molecule has 1 nitrogen and oxygen atoms in total. The molecular formula is C9H12F3N. The number of aliphatic imine (C=N–C) groups is 1. The minimum absolute atomic E-state index is 0.647. The van der Waals surface area contributed by atoms with Gasteiger partial charge >= 0.3 is 6.18 Å². The molecule has 0 fully saturated rings. The number of dihydropyridines is 1. The quantitative estimate of drug-likeness (QED) is 0.558. The van der Waals surface area contributed by atoms with Crippen molar-refractivity contribution in [1.82, 2.24) is 0 Å². The van der Waals surface area contributed by atoms with Crippen LogP contribution in [0.25, 0.3) is 0 Å². The van der Waals surface area contributed by atoms with Crippen molar-refractivity contribution in [2.75, 3.05) is 0 Å². The normalized spacial score (nSPS) is 34.6. The average molecular weight is 191 g/mol. The van der Waals surface area contributed by atoms with E-state index in [9.17, 15) is 13.2 Å². The van der Waals surface area contributed by atoms with E-state index in [-0.39, 0.29) is 0 Å². The molecule has 1 heterocycles. The molecule has 1 rings (SSSR count). The maximum absolute atomic E-state index is 12.6. The van der Waals surface area contributed by atoms with Gasteiger partial charge in [0.15, 0.2) is 0 Å². The standard InChI is InChI=1S/C9H12F3N/c1-6-4-5-8(3,7(2)13-6)9(10,11)12/h4-5,7H,1-3H3. The molecule has 0 bridgehead atoms. The fraction of sp³-hybridized carbons (Fsp3) is 0.667. The van der Waals surface area contributed by atoms with Crippen LogP contribution in [0.5, 0.6) is 0 Å². The van der Waals surface area contributed by atoms with Gasteiger partial charge in [-0.15, -0.1) is 0 Å². The Morgan fingerprint density at radius 2 is 2.00 bits per heavy atom. The lowest BCUT2D eigenvalue weighted by Crippen LogP contribution is -2.43. The van der Waals surface area contributed by atoms with Crippen LogP contribution in [0.2, 0.25) is 0 Å². The molecule has 2 unspecified atom stereocenters. The van der Waals surface area contributed by atoms with Gasteiger partial charge in [0.2, 0.25) is 0 Å². The highest BCUT2D eigenvalue weighted by Crippen LogP contribution is 2.44. The molecule has 0 saturated carbocycles. The maximum Gasteiger partial charge on any atom is 0.399 e. The van der Waals surface area contributed by atoms with Gasteiger partial charge < -0.3 is 0 Å². The molecule has 0 N–H and O–H groups in total. The minimum atomic E-state index is -4.23. The first-order valence-corrected chi connectivity index (χ1v) is 4.08. The average Bonchev–Trinajstić information content (AvgIpc) is 1.95. The van der Waals surface area contributed by atoms with Gasteiger partial charge in [-0.1, -0.05) is 6.08 Å². The summed E-state index contributed by atoms with van der Waals surface area (Å²) >= 11 is 0. The highest BCUT2D eigenvalue weighted by atomic mass is 19.4. The summed E-state index contributed by atoms with van der Waals surface area (Å²) in [5.41, 5.74) is -1.17. The number of rotatable bonds is 0. The lowest BCUT2D eigenvalue weighted by molar-refractivity contribution is -0.205. The summed E-state index contributed by atoms with van der Waals surface area (Å²) in [5.74, 6) is 0. The Labute approximate surface area is 75.4 Å². The zero-order valence-electron chi connectivity index (χ0n) is 7.81. The number of nitrogens with zero attached hydrogens (tertiary/aromatic N) is 1. The molecule has 0 aliphatic carbocycles.